The fourth-order valence-electron chi connectivity index (χ4n) is 3.57. The topological polar surface area (TPSA) is 71.3 Å². The lowest BCUT2D eigenvalue weighted by atomic mass is 10.0. The fourth-order valence-corrected chi connectivity index (χ4v) is 3.57. The molecular formula is C20H27N5O2. The summed E-state index contributed by atoms with van der Waals surface area (Å²) in [5.74, 6) is 0.679. The highest BCUT2D eigenvalue weighted by molar-refractivity contribution is 5.79. The Labute approximate surface area is 159 Å². The predicted molar refractivity (Wildman–Crippen MR) is 107 cm³/mol. The quantitative estimate of drug-likeness (QED) is 0.729. The average Bonchev–Trinajstić information content (AvgIpc) is 2.70. The standard InChI is InChI=1S/C20H27N5O2/c1-4-7-15(3)19(26)24-13-11-23(12-14-24)18-20(27)25(10-5-2)17-16(22-18)8-6-9-21-17/h5-6,8-9,15H,2,4,7,10-14H2,1,3H3/t15-/m0/s1. The maximum Gasteiger partial charge on any atom is 0.295 e. The zero-order valence-electron chi connectivity index (χ0n) is 16.1. The summed E-state index contributed by atoms with van der Waals surface area (Å²) in [7, 11) is 0. The van der Waals surface area contributed by atoms with Crippen LogP contribution in [0.25, 0.3) is 11.2 Å². The molecule has 1 amide bonds. The highest BCUT2D eigenvalue weighted by Gasteiger charge is 2.26. The van der Waals surface area contributed by atoms with Crippen LogP contribution in [0.1, 0.15) is 26.7 Å². The zero-order chi connectivity index (χ0) is 19.4. The van der Waals surface area contributed by atoms with Gasteiger partial charge in [0.05, 0.1) is 0 Å². The monoisotopic (exact) mass is 369 g/mol. The van der Waals surface area contributed by atoms with Crippen LogP contribution in [0.2, 0.25) is 0 Å². The summed E-state index contributed by atoms with van der Waals surface area (Å²) < 4.78 is 1.60. The molecule has 0 N–H and O–H groups in total. The van der Waals surface area contributed by atoms with Gasteiger partial charge >= 0.3 is 0 Å². The minimum absolute atomic E-state index is 0.0521. The number of fused-ring (bicyclic) bond motifs is 1. The molecule has 1 aliphatic heterocycles. The van der Waals surface area contributed by atoms with E-state index in [0.29, 0.717) is 49.7 Å². The lowest BCUT2D eigenvalue weighted by molar-refractivity contribution is -0.135. The van der Waals surface area contributed by atoms with Crippen molar-refractivity contribution in [3.05, 3.63) is 41.3 Å². The Kier molecular flexibility index (Phi) is 5.88. The molecule has 0 aliphatic carbocycles. The molecule has 1 fully saturated rings. The number of rotatable bonds is 6. The highest BCUT2D eigenvalue weighted by Crippen LogP contribution is 2.17. The smallest absolute Gasteiger partial charge is 0.295 e. The number of aromatic nitrogens is 3. The van der Waals surface area contributed by atoms with Crippen LogP contribution in [-0.4, -0.2) is 51.5 Å². The van der Waals surface area contributed by atoms with Gasteiger partial charge in [-0.2, -0.15) is 0 Å². The van der Waals surface area contributed by atoms with Crippen molar-refractivity contribution in [2.75, 3.05) is 31.1 Å². The molecule has 0 aromatic carbocycles. The van der Waals surface area contributed by atoms with Crippen LogP contribution in [-0.2, 0) is 11.3 Å². The summed E-state index contributed by atoms with van der Waals surface area (Å²) in [4.78, 5) is 38.2. The molecule has 27 heavy (non-hydrogen) atoms. The van der Waals surface area contributed by atoms with Crippen LogP contribution in [0, 0.1) is 5.92 Å². The maximum atomic E-state index is 13.0. The molecule has 0 unspecified atom stereocenters. The first-order valence-corrected chi connectivity index (χ1v) is 9.57. The minimum atomic E-state index is -0.166. The van der Waals surface area contributed by atoms with Gasteiger partial charge in [-0.25, -0.2) is 9.97 Å². The van der Waals surface area contributed by atoms with Crippen molar-refractivity contribution in [3.8, 4) is 0 Å². The second-order valence-electron chi connectivity index (χ2n) is 6.99. The number of allylic oxidation sites excluding steroid dienone is 1. The normalized spacial score (nSPS) is 15.8. The summed E-state index contributed by atoms with van der Waals surface area (Å²) in [5.41, 5.74) is 1.08. The molecule has 2 aromatic rings. The molecule has 0 radical (unpaired) electrons. The summed E-state index contributed by atoms with van der Waals surface area (Å²) in [6, 6.07) is 3.67. The van der Waals surface area contributed by atoms with Crippen LogP contribution >= 0.6 is 0 Å². The summed E-state index contributed by atoms with van der Waals surface area (Å²) in [5, 5.41) is 0. The Morgan fingerprint density at radius 1 is 1.33 bits per heavy atom. The molecule has 0 spiro atoms. The van der Waals surface area contributed by atoms with Crippen molar-refractivity contribution in [2.45, 2.75) is 33.2 Å². The van der Waals surface area contributed by atoms with E-state index in [1.165, 1.54) is 0 Å². The Bertz CT molecular complexity index is 884. The molecule has 1 atom stereocenters. The van der Waals surface area contributed by atoms with Gasteiger partial charge in [0.15, 0.2) is 11.5 Å². The van der Waals surface area contributed by atoms with Crippen molar-refractivity contribution in [1.82, 2.24) is 19.4 Å². The Balaban J connectivity index is 1.83. The summed E-state index contributed by atoms with van der Waals surface area (Å²) >= 11 is 0. The number of carbonyl (C=O) groups excluding carboxylic acids is 1. The molecule has 2 aromatic heterocycles. The van der Waals surface area contributed by atoms with Gasteiger partial charge in [0.1, 0.15) is 5.52 Å². The molecule has 3 heterocycles. The lowest BCUT2D eigenvalue weighted by Crippen LogP contribution is -2.51. The SMILES string of the molecule is C=CCn1c(=O)c(N2CCN(C(=O)[C@@H](C)CCC)CC2)nc2cccnc21. The van der Waals surface area contributed by atoms with Gasteiger partial charge in [-0.15, -0.1) is 6.58 Å². The molecular weight excluding hydrogens is 342 g/mol. The second-order valence-corrected chi connectivity index (χ2v) is 6.99. The number of carbonyl (C=O) groups is 1. The molecule has 1 saturated heterocycles. The van der Waals surface area contributed by atoms with Crippen molar-refractivity contribution in [2.24, 2.45) is 5.92 Å². The van der Waals surface area contributed by atoms with E-state index < -0.39 is 0 Å². The van der Waals surface area contributed by atoms with Crippen LogP contribution in [0.3, 0.4) is 0 Å². The minimum Gasteiger partial charge on any atom is -0.348 e. The van der Waals surface area contributed by atoms with Gasteiger partial charge in [0.2, 0.25) is 5.91 Å². The van der Waals surface area contributed by atoms with E-state index in [2.05, 4.69) is 23.5 Å². The predicted octanol–water partition coefficient (Wildman–Crippen LogP) is 2.06. The fraction of sp³-hybridized carbons (Fsp3) is 0.500. The van der Waals surface area contributed by atoms with Crippen LogP contribution in [0.15, 0.2) is 35.8 Å². The Morgan fingerprint density at radius 2 is 2.07 bits per heavy atom. The zero-order valence-corrected chi connectivity index (χ0v) is 16.1. The third-order valence-corrected chi connectivity index (χ3v) is 5.03. The van der Waals surface area contributed by atoms with Crippen LogP contribution in [0.4, 0.5) is 5.82 Å². The highest BCUT2D eigenvalue weighted by atomic mass is 16.2. The average molecular weight is 369 g/mol. The van der Waals surface area contributed by atoms with E-state index >= 15 is 0 Å². The van der Waals surface area contributed by atoms with E-state index in [1.807, 2.05) is 28.9 Å². The number of pyridine rings is 1. The summed E-state index contributed by atoms with van der Waals surface area (Å²) in [6.07, 6.45) is 5.25. The molecule has 7 nitrogen and oxygen atoms in total. The first kappa shape index (κ1) is 19.1. The second kappa shape index (κ2) is 8.33. The first-order chi connectivity index (χ1) is 13.1. The number of hydrogen-bond acceptors (Lipinski definition) is 5. The third kappa shape index (κ3) is 3.86. The third-order valence-electron chi connectivity index (χ3n) is 5.03. The van der Waals surface area contributed by atoms with Crippen molar-refractivity contribution in [1.29, 1.82) is 0 Å². The van der Waals surface area contributed by atoms with Crippen molar-refractivity contribution >= 4 is 22.9 Å². The number of amides is 1. The van der Waals surface area contributed by atoms with E-state index in [9.17, 15) is 9.59 Å². The maximum absolute atomic E-state index is 13.0. The number of nitrogens with zero attached hydrogens (tertiary/aromatic N) is 5. The van der Waals surface area contributed by atoms with Gasteiger partial charge < -0.3 is 9.80 Å². The molecule has 7 heteroatoms. The first-order valence-electron chi connectivity index (χ1n) is 9.57. The Morgan fingerprint density at radius 3 is 2.74 bits per heavy atom. The van der Waals surface area contributed by atoms with E-state index in [4.69, 9.17) is 0 Å². The van der Waals surface area contributed by atoms with Gasteiger partial charge in [0, 0.05) is 44.8 Å². The lowest BCUT2D eigenvalue weighted by Gasteiger charge is -2.36. The van der Waals surface area contributed by atoms with Crippen molar-refractivity contribution in [3.63, 3.8) is 0 Å². The molecule has 0 bridgehead atoms. The van der Waals surface area contributed by atoms with Crippen LogP contribution < -0.4 is 10.5 Å². The van der Waals surface area contributed by atoms with Gasteiger partial charge in [-0.05, 0) is 18.6 Å². The van der Waals surface area contributed by atoms with E-state index in [-0.39, 0.29) is 17.4 Å². The largest absolute Gasteiger partial charge is 0.348 e. The molecule has 144 valence electrons. The molecule has 3 rings (SSSR count). The van der Waals surface area contributed by atoms with Crippen molar-refractivity contribution < 1.29 is 4.79 Å². The van der Waals surface area contributed by atoms with Gasteiger partial charge in [0.25, 0.3) is 5.56 Å². The number of piperazine rings is 1. The molecule has 0 saturated carbocycles. The van der Waals surface area contributed by atoms with E-state index in [1.54, 1.807) is 16.8 Å². The van der Waals surface area contributed by atoms with E-state index in [0.717, 1.165) is 12.8 Å². The Hall–Kier alpha value is -2.70. The summed E-state index contributed by atoms with van der Waals surface area (Å²) in [6.45, 7) is 10.6. The number of hydrogen-bond donors (Lipinski definition) is 0. The van der Waals surface area contributed by atoms with Crippen LogP contribution in [0.5, 0.6) is 0 Å². The van der Waals surface area contributed by atoms with Gasteiger partial charge in [-0.1, -0.05) is 26.3 Å². The van der Waals surface area contributed by atoms with Gasteiger partial charge in [-0.3, -0.25) is 14.2 Å². The molecule has 1 aliphatic rings. The number of anilines is 1.